The molecule has 4 rings (SSSR count). The fourth-order valence-electron chi connectivity index (χ4n) is 3.07. The van der Waals surface area contributed by atoms with Crippen molar-refractivity contribution in [3.05, 3.63) is 60.4 Å². The minimum Gasteiger partial charge on any atom is -0.464 e. The van der Waals surface area contributed by atoms with Gasteiger partial charge in [-0.2, -0.15) is 0 Å². The first-order chi connectivity index (χ1) is 10.3. The SMILES string of the molecule is COC(=O)c1[nH]cc2c3ccccc3c3ccccc3c12. The Hall–Kier alpha value is -2.81. The summed E-state index contributed by atoms with van der Waals surface area (Å²) >= 11 is 0. The second kappa shape index (κ2) is 4.35. The number of carbonyl (C=O) groups is 1. The Labute approximate surface area is 121 Å². The van der Waals surface area contributed by atoms with Gasteiger partial charge in [0.05, 0.1) is 7.11 Å². The Morgan fingerprint density at radius 2 is 1.38 bits per heavy atom. The predicted molar refractivity (Wildman–Crippen MR) is 84.7 cm³/mol. The second-order valence-electron chi connectivity index (χ2n) is 5.04. The van der Waals surface area contributed by atoms with Crippen LogP contribution in [0.2, 0.25) is 0 Å². The molecular weight excluding hydrogens is 262 g/mol. The zero-order valence-electron chi connectivity index (χ0n) is 11.5. The summed E-state index contributed by atoms with van der Waals surface area (Å²) in [4.78, 5) is 15.1. The fourth-order valence-corrected chi connectivity index (χ4v) is 3.07. The molecule has 0 saturated heterocycles. The van der Waals surface area contributed by atoms with Gasteiger partial charge >= 0.3 is 5.97 Å². The molecule has 0 aliphatic rings. The van der Waals surface area contributed by atoms with E-state index in [1.807, 2.05) is 36.5 Å². The molecule has 0 radical (unpaired) electrons. The lowest BCUT2D eigenvalue weighted by Gasteiger charge is -2.07. The molecule has 1 aromatic heterocycles. The van der Waals surface area contributed by atoms with E-state index in [0.717, 1.165) is 26.9 Å². The van der Waals surface area contributed by atoms with Crippen LogP contribution in [0.15, 0.2) is 54.7 Å². The van der Waals surface area contributed by atoms with Crippen LogP contribution in [-0.2, 0) is 4.74 Å². The van der Waals surface area contributed by atoms with Gasteiger partial charge in [0.15, 0.2) is 0 Å². The summed E-state index contributed by atoms with van der Waals surface area (Å²) < 4.78 is 4.89. The number of aromatic amines is 1. The standard InChI is InChI=1S/C18H13NO2/c1-21-18(20)17-16-14-9-5-4-7-12(14)11-6-2-3-8-13(11)15(16)10-19-17/h2-10,19H,1H3. The molecular formula is C18H13NO2. The molecule has 1 N–H and O–H groups in total. The summed E-state index contributed by atoms with van der Waals surface area (Å²) in [6, 6.07) is 16.4. The monoisotopic (exact) mass is 275 g/mol. The molecule has 0 bridgehead atoms. The van der Waals surface area contributed by atoms with E-state index in [2.05, 4.69) is 23.2 Å². The van der Waals surface area contributed by atoms with E-state index in [-0.39, 0.29) is 5.97 Å². The first-order valence-electron chi connectivity index (χ1n) is 6.80. The molecule has 0 fully saturated rings. The number of nitrogens with one attached hydrogen (secondary N) is 1. The fraction of sp³-hybridized carbons (Fsp3) is 0.0556. The van der Waals surface area contributed by atoms with Crippen molar-refractivity contribution in [3.63, 3.8) is 0 Å². The number of hydrogen-bond acceptors (Lipinski definition) is 2. The summed E-state index contributed by atoms with van der Waals surface area (Å²) in [5.74, 6) is -0.342. The van der Waals surface area contributed by atoms with E-state index in [0.29, 0.717) is 5.69 Å². The quantitative estimate of drug-likeness (QED) is 0.416. The van der Waals surface area contributed by atoms with Crippen LogP contribution < -0.4 is 0 Å². The van der Waals surface area contributed by atoms with E-state index in [4.69, 9.17) is 4.74 Å². The first kappa shape index (κ1) is 12.0. The molecule has 3 nitrogen and oxygen atoms in total. The van der Waals surface area contributed by atoms with Crippen LogP contribution in [0.3, 0.4) is 0 Å². The van der Waals surface area contributed by atoms with Gasteiger partial charge in [0.1, 0.15) is 5.69 Å². The Bertz CT molecular complexity index is 998. The normalized spacial score (nSPS) is 11.3. The highest BCUT2D eigenvalue weighted by atomic mass is 16.5. The van der Waals surface area contributed by atoms with Crippen molar-refractivity contribution in [2.75, 3.05) is 7.11 Å². The van der Waals surface area contributed by atoms with E-state index in [1.165, 1.54) is 12.5 Å². The third kappa shape index (κ3) is 1.57. The molecule has 0 unspecified atom stereocenters. The average Bonchev–Trinajstić information content (AvgIpc) is 3.00. The Morgan fingerprint density at radius 1 is 0.857 bits per heavy atom. The van der Waals surface area contributed by atoms with Gasteiger partial charge in [0, 0.05) is 17.0 Å². The van der Waals surface area contributed by atoms with Crippen molar-refractivity contribution >= 4 is 38.3 Å². The van der Waals surface area contributed by atoms with Crippen LogP contribution in [0.5, 0.6) is 0 Å². The minimum absolute atomic E-state index is 0.342. The largest absolute Gasteiger partial charge is 0.464 e. The summed E-state index contributed by atoms with van der Waals surface area (Å²) in [6.07, 6.45) is 1.89. The number of aromatic nitrogens is 1. The Kier molecular flexibility index (Phi) is 2.48. The molecule has 1 heterocycles. The second-order valence-corrected chi connectivity index (χ2v) is 5.04. The smallest absolute Gasteiger partial charge is 0.355 e. The first-order valence-corrected chi connectivity index (χ1v) is 6.80. The van der Waals surface area contributed by atoms with Crippen molar-refractivity contribution in [2.24, 2.45) is 0 Å². The van der Waals surface area contributed by atoms with Crippen molar-refractivity contribution < 1.29 is 9.53 Å². The molecule has 0 aliphatic carbocycles. The van der Waals surface area contributed by atoms with Crippen molar-refractivity contribution in [3.8, 4) is 0 Å². The van der Waals surface area contributed by atoms with E-state index >= 15 is 0 Å². The number of carbonyl (C=O) groups excluding carboxylic acids is 1. The Morgan fingerprint density at radius 3 is 2.00 bits per heavy atom. The summed E-state index contributed by atoms with van der Waals surface area (Å²) in [6.45, 7) is 0. The number of esters is 1. The van der Waals surface area contributed by atoms with Gasteiger partial charge in [0.2, 0.25) is 0 Å². The van der Waals surface area contributed by atoms with Gasteiger partial charge in [-0.15, -0.1) is 0 Å². The van der Waals surface area contributed by atoms with Gasteiger partial charge in [-0.1, -0.05) is 48.5 Å². The molecule has 4 aromatic rings. The zero-order valence-corrected chi connectivity index (χ0v) is 11.5. The lowest BCUT2D eigenvalue weighted by molar-refractivity contribution is 0.0597. The number of methoxy groups -OCH3 is 1. The van der Waals surface area contributed by atoms with Crippen LogP contribution in [0, 0.1) is 0 Å². The van der Waals surface area contributed by atoms with Gasteiger partial charge < -0.3 is 9.72 Å². The van der Waals surface area contributed by atoms with Gasteiger partial charge in [-0.3, -0.25) is 0 Å². The molecule has 3 heteroatoms. The number of H-pyrrole nitrogens is 1. The lowest BCUT2D eigenvalue weighted by atomic mass is 9.96. The third-order valence-electron chi connectivity index (χ3n) is 3.97. The topological polar surface area (TPSA) is 42.1 Å². The maximum atomic E-state index is 12.0. The highest BCUT2D eigenvalue weighted by Crippen LogP contribution is 2.36. The molecule has 0 amide bonds. The molecule has 0 aliphatic heterocycles. The molecule has 3 aromatic carbocycles. The van der Waals surface area contributed by atoms with Gasteiger partial charge in [0.25, 0.3) is 0 Å². The molecule has 0 atom stereocenters. The summed E-state index contributed by atoms with van der Waals surface area (Å²) in [5.41, 5.74) is 0.509. The van der Waals surface area contributed by atoms with Crippen LogP contribution in [0.4, 0.5) is 0 Å². The van der Waals surface area contributed by atoms with Crippen molar-refractivity contribution in [2.45, 2.75) is 0 Å². The van der Waals surface area contributed by atoms with Gasteiger partial charge in [-0.25, -0.2) is 4.79 Å². The number of fused-ring (bicyclic) bond motifs is 6. The van der Waals surface area contributed by atoms with Gasteiger partial charge in [-0.05, 0) is 21.5 Å². The zero-order chi connectivity index (χ0) is 14.4. The number of benzene rings is 3. The van der Waals surface area contributed by atoms with Crippen molar-refractivity contribution in [1.82, 2.24) is 4.98 Å². The van der Waals surface area contributed by atoms with Crippen LogP contribution in [-0.4, -0.2) is 18.1 Å². The highest BCUT2D eigenvalue weighted by molar-refractivity contribution is 6.28. The molecule has 0 saturated carbocycles. The average molecular weight is 275 g/mol. The summed E-state index contributed by atoms with van der Waals surface area (Å²) in [7, 11) is 1.40. The Balaban J connectivity index is 2.32. The third-order valence-corrected chi connectivity index (χ3v) is 3.97. The lowest BCUT2D eigenvalue weighted by Crippen LogP contribution is -2.01. The number of rotatable bonds is 1. The van der Waals surface area contributed by atoms with Crippen molar-refractivity contribution in [1.29, 1.82) is 0 Å². The maximum absolute atomic E-state index is 12.0. The van der Waals surface area contributed by atoms with E-state index in [1.54, 1.807) is 0 Å². The molecule has 0 spiro atoms. The predicted octanol–water partition coefficient (Wildman–Crippen LogP) is 4.26. The highest BCUT2D eigenvalue weighted by Gasteiger charge is 2.17. The molecule has 21 heavy (non-hydrogen) atoms. The van der Waals surface area contributed by atoms with Crippen LogP contribution in [0.25, 0.3) is 32.3 Å². The van der Waals surface area contributed by atoms with E-state index < -0.39 is 0 Å². The van der Waals surface area contributed by atoms with Crippen LogP contribution >= 0.6 is 0 Å². The minimum atomic E-state index is -0.342. The maximum Gasteiger partial charge on any atom is 0.355 e. The number of ether oxygens (including phenoxy) is 1. The van der Waals surface area contributed by atoms with Crippen LogP contribution in [0.1, 0.15) is 10.5 Å². The summed E-state index contributed by atoms with van der Waals surface area (Å²) in [5, 5.41) is 6.51. The molecule has 102 valence electrons. The van der Waals surface area contributed by atoms with E-state index in [9.17, 15) is 4.79 Å². The number of hydrogen-bond donors (Lipinski definition) is 1.